The second-order valence-corrected chi connectivity index (χ2v) is 5.94. The van der Waals surface area contributed by atoms with Crippen molar-refractivity contribution in [2.24, 2.45) is 0 Å². The molecule has 2 aliphatic rings. The van der Waals surface area contributed by atoms with Gasteiger partial charge < -0.3 is 10.2 Å². The molecule has 0 bridgehead atoms. The molecule has 2 saturated heterocycles. The first-order valence-electron chi connectivity index (χ1n) is 7.65. The van der Waals surface area contributed by atoms with Crippen molar-refractivity contribution in [3.05, 3.63) is 35.1 Å². The zero-order valence-corrected chi connectivity index (χ0v) is 12.4. The minimum absolute atomic E-state index is 0.0495. The maximum absolute atomic E-state index is 13.6. The van der Waals surface area contributed by atoms with Crippen LogP contribution in [0.3, 0.4) is 0 Å². The average molecular weight is 291 g/mol. The number of likely N-dealkylation sites (tertiary alicyclic amines) is 1. The molecular weight excluding hydrogens is 269 g/mol. The molecule has 0 aromatic heterocycles. The highest BCUT2D eigenvalue weighted by molar-refractivity contribution is 5.94. The Bertz CT molecular complexity index is 528. The number of piperazine rings is 1. The molecule has 1 unspecified atom stereocenters. The van der Waals surface area contributed by atoms with Gasteiger partial charge in [-0.25, -0.2) is 4.39 Å². The van der Waals surface area contributed by atoms with Crippen LogP contribution in [0.5, 0.6) is 0 Å². The van der Waals surface area contributed by atoms with E-state index in [0.29, 0.717) is 17.2 Å². The molecule has 21 heavy (non-hydrogen) atoms. The number of carbonyl (C=O) groups is 1. The van der Waals surface area contributed by atoms with E-state index in [1.165, 1.54) is 6.07 Å². The lowest BCUT2D eigenvalue weighted by Gasteiger charge is -2.32. The molecule has 3 rings (SSSR count). The smallest absolute Gasteiger partial charge is 0.254 e. The van der Waals surface area contributed by atoms with E-state index < -0.39 is 0 Å². The molecule has 1 aromatic carbocycles. The van der Waals surface area contributed by atoms with E-state index in [-0.39, 0.29) is 11.7 Å². The Balaban J connectivity index is 1.64. The molecule has 1 aromatic rings. The normalized spacial score (nSPS) is 23.5. The molecule has 2 heterocycles. The fourth-order valence-electron chi connectivity index (χ4n) is 3.18. The van der Waals surface area contributed by atoms with Crippen molar-refractivity contribution >= 4 is 5.91 Å². The average Bonchev–Trinajstić information content (AvgIpc) is 3.00. The number of halogens is 1. The van der Waals surface area contributed by atoms with Crippen molar-refractivity contribution in [1.82, 2.24) is 15.1 Å². The zero-order valence-electron chi connectivity index (χ0n) is 12.4. The summed E-state index contributed by atoms with van der Waals surface area (Å²) in [6.07, 6.45) is 1.01. The molecular formula is C16H22FN3O. The van der Waals surface area contributed by atoms with Crippen LogP contribution >= 0.6 is 0 Å². The Morgan fingerprint density at radius 1 is 1.29 bits per heavy atom. The van der Waals surface area contributed by atoms with Gasteiger partial charge in [-0.1, -0.05) is 6.07 Å². The molecule has 2 aliphatic heterocycles. The van der Waals surface area contributed by atoms with Crippen molar-refractivity contribution in [1.29, 1.82) is 0 Å². The zero-order chi connectivity index (χ0) is 14.8. The number of benzene rings is 1. The number of amides is 1. The fraction of sp³-hybridized carbons (Fsp3) is 0.562. The minimum atomic E-state index is -0.307. The number of hydrogen-bond donors (Lipinski definition) is 1. The molecule has 0 aliphatic carbocycles. The second-order valence-electron chi connectivity index (χ2n) is 5.94. The van der Waals surface area contributed by atoms with Gasteiger partial charge in [0.1, 0.15) is 5.82 Å². The number of carbonyl (C=O) groups excluding carboxylic acids is 1. The second kappa shape index (κ2) is 6.12. The minimum Gasteiger partial charge on any atom is -0.337 e. The van der Waals surface area contributed by atoms with Gasteiger partial charge in [0.2, 0.25) is 0 Å². The molecule has 4 nitrogen and oxygen atoms in total. The largest absolute Gasteiger partial charge is 0.337 e. The summed E-state index contributed by atoms with van der Waals surface area (Å²) in [7, 11) is 0. The van der Waals surface area contributed by atoms with Crippen LogP contribution in [0, 0.1) is 12.7 Å². The van der Waals surface area contributed by atoms with Crippen molar-refractivity contribution < 1.29 is 9.18 Å². The van der Waals surface area contributed by atoms with E-state index in [2.05, 4.69) is 10.2 Å². The first-order chi connectivity index (χ1) is 10.1. The van der Waals surface area contributed by atoms with Gasteiger partial charge in [0.25, 0.3) is 5.91 Å². The Morgan fingerprint density at radius 2 is 2.05 bits per heavy atom. The number of rotatable bonds is 2. The Kier molecular flexibility index (Phi) is 4.22. The van der Waals surface area contributed by atoms with Crippen LogP contribution in [0.4, 0.5) is 4.39 Å². The summed E-state index contributed by atoms with van der Waals surface area (Å²) in [5.74, 6) is -0.356. The lowest BCUT2D eigenvalue weighted by Crippen LogP contribution is -2.49. The first-order valence-corrected chi connectivity index (χ1v) is 7.65. The van der Waals surface area contributed by atoms with Gasteiger partial charge in [0, 0.05) is 50.9 Å². The highest BCUT2D eigenvalue weighted by atomic mass is 19.1. The van der Waals surface area contributed by atoms with Crippen molar-refractivity contribution in [2.45, 2.75) is 19.4 Å². The molecule has 1 amide bonds. The molecule has 5 heteroatoms. The maximum atomic E-state index is 13.6. The molecule has 1 atom stereocenters. The number of hydrogen-bond acceptors (Lipinski definition) is 3. The predicted octanol–water partition coefficient (Wildman–Crippen LogP) is 1.25. The van der Waals surface area contributed by atoms with Crippen LogP contribution in [0.1, 0.15) is 22.3 Å². The monoisotopic (exact) mass is 291 g/mol. The summed E-state index contributed by atoms with van der Waals surface area (Å²) in [6.45, 7) is 7.37. The van der Waals surface area contributed by atoms with E-state index in [0.717, 1.165) is 45.7 Å². The summed E-state index contributed by atoms with van der Waals surface area (Å²) in [6, 6.07) is 5.20. The van der Waals surface area contributed by atoms with Crippen LogP contribution in [0.25, 0.3) is 0 Å². The van der Waals surface area contributed by atoms with Gasteiger partial charge >= 0.3 is 0 Å². The maximum Gasteiger partial charge on any atom is 0.254 e. The predicted molar refractivity (Wildman–Crippen MR) is 79.9 cm³/mol. The molecule has 2 fully saturated rings. The van der Waals surface area contributed by atoms with E-state index in [1.54, 1.807) is 19.1 Å². The van der Waals surface area contributed by atoms with Gasteiger partial charge in [0.15, 0.2) is 0 Å². The lowest BCUT2D eigenvalue weighted by atomic mass is 10.1. The molecule has 114 valence electrons. The summed E-state index contributed by atoms with van der Waals surface area (Å²) < 4.78 is 13.6. The third-order valence-corrected chi connectivity index (χ3v) is 4.54. The van der Waals surface area contributed by atoms with Crippen LogP contribution in [-0.4, -0.2) is 61.0 Å². The summed E-state index contributed by atoms with van der Waals surface area (Å²) >= 11 is 0. The van der Waals surface area contributed by atoms with E-state index >= 15 is 0 Å². The van der Waals surface area contributed by atoms with Gasteiger partial charge in [-0.15, -0.1) is 0 Å². The standard InChI is InChI=1S/C16H22FN3O/c1-12-2-3-13(10-15(12)17)16(21)20-7-4-14(11-20)19-8-5-18-6-9-19/h2-3,10,14,18H,4-9,11H2,1H3. The fourth-order valence-corrected chi connectivity index (χ4v) is 3.18. The van der Waals surface area contributed by atoms with E-state index in [4.69, 9.17) is 0 Å². The summed E-state index contributed by atoms with van der Waals surface area (Å²) in [4.78, 5) is 16.8. The van der Waals surface area contributed by atoms with Crippen LogP contribution in [-0.2, 0) is 0 Å². The third kappa shape index (κ3) is 3.09. The number of nitrogens with zero attached hydrogens (tertiary/aromatic N) is 2. The highest BCUT2D eigenvalue weighted by Crippen LogP contribution is 2.19. The van der Waals surface area contributed by atoms with Gasteiger partial charge in [0.05, 0.1) is 0 Å². The van der Waals surface area contributed by atoms with Crippen LogP contribution in [0.15, 0.2) is 18.2 Å². The number of aryl methyl sites for hydroxylation is 1. The molecule has 0 saturated carbocycles. The Morgan fingerprint density at radius 3 is 2.76 bits per heavy atom. The molecule has 1 N–H and O–H groups in total. The highest BCUT2D eigenvalue weighted by Gasteiger charge is 2.31. The topological polar surface area (TPSA) is 35.6 Å². The molecule has 0 radical (unpaired) electrons. The SMILES string of the molecule is Cc1ccc(C(=O)N2CCC(N3CCNCC3)C2)cc1F. The van der Waals surface area contributed by atoms with Gasteiger partial charge in [-0.2, -0.15) is 0 Å². The van der Waals surface area contributed by atoms with Gasteiger partial charge in [-0.05, 0) is 31.0 Å². The van der Waals surface area contributed by atoms with Crippen molar-refractivity contribution in [3.8, 4) is 0 Å². The lowest BCUT2D eigenvalue weighted by molar-refractivity contribution is 0.0773. The van der Waals surface area contributed by atoms with E-state index in [1.807, 2.05) is 4.90 Å². The third-order valence-electron chi connectivity index (χ3n) is 4.54. The van der Waals surface area contributed by atoms with E-state index in [9.17, 15) is 9.18 Å². The van der Waals surface area contributed by atoms with Crippen LogP contribution in [0.2, 0.25) is 0 Å². The van der Waals surface area contributed by atoms with Gasteiger partial charge in [-0.3, -0.25) is 9.69 Å². The Hall–Kier alpha value is -1.46. The summed E-state index contributed by atoms with van der Waals surface area (Å²) in [5.41, 5.74) is 1.03. The number of nitrogens with one attached hydrogen (secondary N) is 1. The quantitative estimate of drug-likeness (QED) is 0.891. The Labute approximate surface area is 124 Å². The first kappa shape index (κ1) is 14.5. The molecule has 0 spiro atoms. The van der Waals surface area contributed by atoms with Crippen LogP contribution < -0.4 is 5.32 Å². The van der Waals surface area contributed by atoms with Crippen molar-refractivity contribution in [3.63, 3.8) is 0 Å². The van der Waals surface area contributed by atoms with Crippen molar-refractivity contribution in [2.75, 3.05) is 39.3 Å². The summed E-state index contributed by atoms with van der Waals surface area (Å²) in [5, 5.41) is 3.35.